The van der Waals surface area contributed by atoms with Crippen molar-refractivity contribution in [3.63, 3.8) is 0 Å². The quantitative estimate of drug-likeness (QED) is 0.170. The first kappa shape index (κ1) is 27.7. The van der Waals surface area contributed by atoms with Gasteiger partial charge in [0.25, 0.3) is 5.91 Å². The molecule has 1 atom stereocenters. The van der Waals surface area contributed by atoms with Gasteiger partial charge in [0.15, 0.2) is 5.13 Å². The van der Waals surface area contributed by atoms with E-state index in [0.29, 0.717) is 27.1 Å². The van der Waals surface area contributed by atoms with Crippen LogP contribution in [0, 0.1) is 0 Å². The summed E-state index contributed by atoms with van der Waals surface area (Å²) >= 11 is 9.12. The number of thiazole rings is 1. The van der Waals surface area contributed by atoms with E-state index >= 15 is 0 Å². The maximum atomic E-state index is 13.5. The Morgan fingerprint density at radius 2 is 1.48 bits per heavy atom. The normalized spacial score (nSPS) is 11.6. The molecule has 0 aliphatic rings. The molecule has 0 aliphatic carbocycles. The van der Waals surface area contributed by atoms with Gasteiger partial charge < -0.3 is 10.6 Å². The molecule has 0 saturated heterocycles. The minimum Gasteiger partial charge on any atom is -0.322 e. The molecule has 5 aromatic carbocycles. The van der Waals surface area contributed by atoms with E-state index in [4.69, 9.17) is 11.6 Å². The smallest absolute Gasteiger partial charge is 0.255 e. The second-order valence-electron chi connectivity index (χ2n) is 9.46. The zero-order valence-corrected chi connectivity index (χ0v) is 24.5. The zero-order valence-electron chi connectivity index (χ0n) is 22.2. The van der Waals surface area contributed by atoms with Crippen LogP contribution < -0.4 is 10.6 Å². The van der Waals surface area contributed by atoms with Crippen LogP contribution in [0.4, 0.5) is 10.8 Å². The highest BCUT2D eigenvalue weighted by molar-refractivity contribution is 8.00. The Bertz CT molecular complexity index is 1870. The van der Waals surface area contributed by atoms with Gasteiger partial charge in [0.1, 0.15) is 5.25 Å². The summed E-state index contributed by atoms with van der Waals surface area (Å²) in [5, 5.41) is 10.5. The molecule has 5 nitrogen and oxygen atoms in total. The van der Waals surface area contributed by atoms with Crippen LogP contribution in [0.5, 0.6) is 0 Å². The predicted octanol–water partition coefficient (Wildman–Crippen LogP) is 9.34. The topological polar surface area (TPSA) is 71.1 Å². The molecule has 0 saturated carbocycles. The van der Waals surface area contributed by atoms with Crippen molar-refractivity contribution in [1.82, 2.24) is 4.98 Å². The number of hydrogen-bond donors (Lipinski definition) is 2. The maximum absolute atomic E-state index is 13.5. The predicted molar refractivity (Wildman–Crippen MR) is 175 cm³/mol. The Balaban J connectivity index is 1.16. The van der Waals surface area contributed by atoms with Crippen LogP contribution in [0.25, 0.3) is 22.0 Å². The molecule has 42 heavy (non-hydrogen) atoms. The number of carbonyl (C=O) groups is 2. The monoisotopic (exact) mass is 605 g/mol. The first-order valence-corrected chi connectivity index (χ1v) is 15.3. The molecule has 1 heterocycles. The van der Waals surface area contributed by atoms with Gasteiger partial charge in [0.2, 0.25) is 5.91 Å². The van der Waals surface area contributed by atoms with Gasteiger partial charge in [0, 0.05) is 32.1 Å². The largest absolute Gasteiger partial charge is 0.322 e. The fraction of sp³-hybridized carbons (Fsp3) is 0.0294. The Labute approximate surface area is 256 Å². The van der Waals surface area contributed by atoms with Crippen LogP contribution >= 0.6 is 34.7 Å². The van der Waals surface area contributed by atoms with E-state index in [1.54, 1.807) is 0 Å². The first-order chi connectivity index (χ1) is 20.5. The zero-order chi connectivity index (χ0) is 28.9. The van der Waals surface area contributed by atoms with Crippen molar-refractivity contribution in [2.45, 2.75) is 10.1 Å². The number of rotatable bonds is 8. The van der Waals surface area contributed by atoms with Gasteiger partial charge in [-0.05, 0) is 58.8 Å². The molecule has 0 radical (unpaired) electrons. The lowest BCUT2D eigenvalue weighted by molar-refractivity contribution is -0.115. The van der Waals surface area contributed by atoms with E-state index in [9.17, 15) is 9.59 Å². The number of benzene rings is 5. The number of fused-ring (bicyclic) bond motifs is 1. The lowest BCUT2D eigenvalue weighted by atomic mass is 10.1. The standard InChI is InChI=1S/C34H24ClN3O2S2/c35-29-13-7-6-12-28(29)30-21-41-34(37-30)38-33(40)31(23-9-2-1-3-10-23)42-27-18-16-26(17-19-27)36-32(39)25-15-14-22-8-4-5-11-24(22)20-25/h1-21,31H,(H,36,39)(H,37,38,40). The van der Waals surface area contributed by atoms with Gasteiger partial charge in [-0.1, -0.05) is 90.5 Å². The summed E-state index contributed by atoms with van der Waals surface area (Å²) in [6.07, 6.45) is 0. The fourth-order valence-corrected chi connectivity index (χ4v) is 6.45. The van der Waals surface area contributed by atoms with Gasteiger partial charge in [0.05, 0.1) is 5.69 Å². The lowest BCUT2D eigenvalue weighted by Crippen LogP contribution is -2.19. The molecule has 8 heteroatoms. The summed E-state index contributed by atoms with van der Waals surface area (Å²) in [5.74, 6) is -0.359. The van der Waals surface area contributed by atoms with Gasteiger partial charge in [-0.15, -0.1) is 23.1 Å². The fourth-order valence-electron chi connectivity index (χ4n) is 4.48. The number of nitrogens with zero attached hydrogens (tertiary/aromatic N) is 1. The van der Waals surface area contributed by atoms with E-state index < -0.39 is 5.25 Å². The molecule has 1 unspecified atom stereocenters. The average Bonchev–Trinajstić information content (AvgIpc) is 3.49. The van der Waals surface area contributed by atoms with Crippen molar-refractivity contribution in [3.8, 4) is 11.3 Å². The first-order valence-electron chi connectivity index (χ1n) is 13.2. The van der Waals surface area contributed by atoms with Crippen molar-refractivity contribution in [3.05, 3.63) is 143 Å². The minimum atomic E-state index is -0.517. The van der Waals surface area contributed by atoms with Crippen molar-refractivity contribution >= 4 is 68.1 Å². The number of thioether (sulfide) groups is 1. The lowest BCUT2D eigenvalue weighted by Gasteiger charge is -2.16. The highest BCUT2D eigenvalue weighted by atomic mass is 35.5. The summed E-state index contributed by atoms with van der Waals surface area (Å²) in [5.41, 5.74) is 3.67. The number of anilines is 2. The maximum Gasteiger partial charge on any atom is 0.255 e. The number of carbonyl (C=O) groups excluding carboxylic acids is 2. The number of amides is 2. The number of hydrogen-bond acceptors (Lipinski definition) is 5. The van der Waals surface area contributed by atoms with Crippen molar-refractivity contribution in [1.29, 1.82) is 0 Å². The second-order valence-corrected chi connectivity index (χ2v) is 11.9. The molecular weight excluding hydrogens is 582 g/mol. The SMILES string of the molecule is O=C(Nc1ccc(SC(C(=O)Nc2nc(-c3ccccc3Cl)cs2)c2ccccc2)cc1)c1ccc2ccccc2c1. The van der Waals surface area contributed by atoms with Crippen molar-refractivity contribution in [2.75, 3.05) is 10.6 Å². The molecule has 0 fully saturated rings. The highest BCUT2D eigenvalue weighted by Gasteiger charge is 2.23. The molecule has 0 bridgehead atoms. The number of halogens is 1. The van der Waals surface area contributed by atoms with E-state index in [1.165, 1.54) is 23.1 Å². The third kappa shape index (κ3) is 6.39. The van der Waals surface area contributed by atoms with Gasteiger partial charge in [-0.25, -0.2) is 4.98 Å². The van der Waals surface area contributed by atoms with Crippen LogP contribution in [0.15, 0.2) is 132 Å². The van der Waals surface area contributed by atoms with Crippen molar-refractivity contribution in [2.24, 2.45) is 0 Å². The summed E-state index contributed by atoms with van der Waals surface area (Å²) < 4.78 is 0. The molecule has 0 aliphatic heterocycles. The van der Waals surface area contributed by atoms with Crippen LogP contribution in [0.3, 0.4) is 0 Å². The Kier molecular flexibility index (Phi) is 8.33. The summed E-state index contributed by atoms with van der Waals surface area (Å²) in [6, 6.07) is 38.2. The van der Waals surface area contributed by atoms with Crippen LogP contribution in [-0.4, -0.2) is 16.8 Å². The Morgan fingerprint density at radius 1 is 0.762 bits per heavy atom. The van der Waals surface area contributed by atoms with Crippen molar-refractivity contribution < 1.29 is 9.59 Å². The van der Waals surface area contributed by atoms with Crippen LogP contribution in [-0.2, 0) is 4.79 Å². The van der Waals surface area contributed by atoms with E-state index in [1.807, 2.05) is 127 Å². The van der Waals surface area contributed by atoms with Gasteiger partial charge in [-0.2, -0.15) is 0 Å². The number of nitrogens with one attached hydrogen (secondary N) is 2. The number of aromatic nitrogens is 1. The van der Waals surface area contributed by atoms with E-state index in [2.05, 4.69) is 15.6 Å². The van der Waals surface area contributed by atoms with E-state index in [-0.39, 0.29) is 11.8 Å². The summed E-state index contributed by atoms with van der Waals surface area (Å²) in [7, 11) is 0. The molecule has 1 aromatic heterocycles. The van der Waals surface area contributed by atoms with E-state index in [0.717, 1.165) is 26.8 Å². The molecule has 6 rings (SSSR count). The Morgan fingerprint density at radius 3 is 2.26 bits per heavy atom. The van der Waals surface area contributed by atoms with Crippen LogP contribution in [0.2, 0.25) is 5.02 Å². The molecule has 2 amide bonds. The summed E-state index contributed by atoms with van der Waals surface area (Å²) in [4.78, 5) is 31.9. The van der Waals surface area contributed by atoms with Crippen LogP contribution in [0.1, 0.15) is 21.2 Å². The molecular formula is C34H24ClN3O2S2. The highest BCUT2D eigenvalue weighted by Crippen LogP contribution is 2.38. The molecule has 0 spiro atoms. The minimum absolute atomic E-state index is 0.178. The summed E-state index contributed by atoms with van der Waals surface area (Å²) in [6.45, 7) is 0. The molecule has 2 N–H and O–H groups in total. The second kappa shape index (κ2) is 12.6. The third-order valence-corrected chi connectivity index (χ3v) is 8.96. The van der Waals surface area contributed by atoms with Gasteiger partial charge >= 0.3 is 0 Å². The average molecular weight is 606 g/mol. The third-order valence-electron chi connectivity index (χ3n) is 6.60. The molecule has 6 aromatic rings. The molecule has 206 valence electrons. The van der Waals surface area contributed by atoms with Gasteiger partial charge in [-0.3, -0.25) is 9.59 Å². The Hall–Kier alpha value is -4.43.